The van der Waals surface area contributed by atoms with Gasteiger partial charge in [-0.05, 0) is 19.8 Å². The molecule has 0 fully saturated rings. The highest BCUT2D eigenvalue weighted by atomic mass is 35.5. The predicted molar refractivity (Wildman–Crippen MR) is 87.5 cm³/mol. The van der Waals surface area contributed by atoms with Gasteiger partial charge < -0.3 is 4.74 Å². The van der Waals surface area contributed by atoms with E-state index in [1.54, 1.807) is 0 Å². The van der Waals surface area contributed by atoms with Gasteiger partial charge in [0.25, 0.3) is 0 Å². The Morgan fingerprint density at radius 2 is 1.35 bits per heavy atom. The van der Waals surface area contributed by atoms with Gasteiger partial charge in [-0.1, -0.05) is 87.9 Å². The third-order valence-corrected chi connectivity index (χ3v) is 3.82. The van der Waals surface area contributed by atoms with Crippen LogP contribution in [0, 0.1) is 0 Å². The van der Waals surface area contributed by atoms with Gasteiger partial charge >= 0.3 is 5.97 Å². The zero-order chi connectivity index (χ0) is 15.2. The molecule has 4 heteroatoms. The Kier molecular flexibility index (Phi) is 14.0. The summed E-state index contributed by atoms with van der Waals surface area (Å²) in [5.41, 5.74) is 0. The average molecular weight is 325 g/mol. The molecular weight excluding hydrogens is 295 g/mol. The summed E-state index contributed by atoms with van der Waals surface area (Å²) in [7, 11) is 0. The molecule has 0 amide bonds. The molecule has 0 radical (unpaired) electrons. The number of carbonyl (C=O) groups is 1. The van der Waals surface area contributed by atoms with Crippen LogP contribution in [0.25, 0.3) is 0 Å². The highest BCUT2D eigenvalue weighted by Crippen LogP contribution is 2.14. The lowest BCUT2D eigenvalue weighted by atomic mass is 10.0. The Morgan fingerprint density at radius 3 is 1.80 bits per heavy atom. The molecule has 0 aliphatic carbocycles. The first-order valence-corrected chi connectivity index (χ1v) is 8.93. The summed E-state index contributed by atoms with van der Waals surface area (Å²) in [6.45, 7) is 4.14. The van der Waals surface area contributed by atoms with E-state index in [1.165, 1.54) is 57.8 Å². The van der Waals surface area contributed by atoms with Crippen molar-refractivity contribution >= 4 is 29.2 Å². The van der Waals surface area contributed by atoms with Crippen molar-refractivity contribution in [3.8, 4) is 0 Å². The van der Waals surface area contributed by atoms with Crippen LogP contribution >= 0.6 is 23.2 Å². The number of unbranched alkanes of at least 4 members (excludes halogenated alkanes) is 9. The monoisotopic (exact) mass is 324 g/mol. The lowest BCUT2D eigenvalue weighted by molar-refractivity contribution is -0.146. The lowest BCUT2D eigenvalue weighted by Crippen LogP contribution is -2.19. The second-order valence-electron chi connectivity index (χ2n) is 5.52. The molecule has 0 heterocycles. The zero-order valence-electron chi connectivity index (χ0n) is 13.0. The molecule has 0 spiro atoms. The van der Waals surface area contributed by atoms with Crippen molar-refractivity contribution in [3.63, 3.8) is 0 Å². The van der Waals surface area contributed by atoms with Gasteiger partial charge in [0.2, 0.25) is 4.84 Å². The number of alkyl halides is 2. The molecule has 0 saturated carbocycles. The molecule has 0 aromatic heterocycles. The zero-order valence-corrected chi connectivity index (χ0v) is 14.5. The summed E-state index contributed by atoms with van der Waals surface area (Å²) >= 11 is 10.9. The van der Waals surface area contributed by atoms with Crippen LogP contribution in [0.3, 0.4) is 0 Å². The van der Waals surface area contributed by atoms with E-state index in [9.17, 15) is 4.79 Å². The standard InChI is InChI=1S/C16H30Cl2O2/c1-3-4-5-6-7-8-9-10-11-12-13-14(2)20-16(19)15(17)18/h14-15H,3-13H2,1-2H3. The fourth-order valence-corrected chi connectivity index (χ4v) is 2.33. The smallest absolute Gasteiger partial charge is 0.339 e. The van der Waals surface area contributed by atoms with Crippen LogP contribution < -0.4 is 0 Å². The van der Waals surface area contributed by atoms with Crippen LogP contribution in [0.1, 0.15) is 84.5 Å². The molecule has 0 N–H and O–H groups in total. The summed E-state index contributed by atoms with van der Waals surface area (Å²) in [6.07, 6.45) is 13.9. The van der Waals surface area contributed by atoms with E-state index in [0.717, 1.165) is 12.8 Å². The van der Waals surface area contributed by atoms with Gasteiger partial charge in [0.15, 0.2) is 0 Å². The average Bonchev–Trinajstić information content (AvgIpc) is 2.40. The summed E-state index contributed by atoms with van der Waals surface area (Å²) < 4.78 is 5.09. The first kappa shape index (κ1) is 20.1. The lowest BCUT2D eigenvalue weighted by Gasteiger charge is -2.13. The van der Waals surface area contributed by atoms with Gasteiger partial charge in [-0.15, -0.1) is 0 Å². The molecule has 120 valence electrons. The van der Waals surface area contributed by atoms with Gasteiger partial charge in [-0.25, -0.2) is 4.79 Å². The Morgan fingerprint density at radius 1 is 0.900 bits per heavy atom. The van der Waals surface area contributed by atoms with Crippen molar-refractivity contribution in [3.05, 3.63) is 0 Å². The van der Waals surface area contributed by atoms with Crippen LogP contribution in [-0.2, 0) is 9.53 Å². The van der Waals surface area contributed by atoms with Crippen molar-refractivity contribution in [2.75, 3.05) is 0 Å². The Labute approximate surface area is 134 Å². The molecule has 0 bridgehead atoms. The molecule has 0 aliphatic rings. The first-order valence-electron chi connectivity index (χ1n) is 8.06. The fourth-order valence-electron chi connectivity index (χ4n) is 2.23. The van der Waals surface area contributed by atoms with Crippen molar-refractivity contribution in [1.29, 1.82) is 0 Å². The molecule has 0 saturated heterocycles. The van der Waals surface area contributed by atoms with Crippen LogP contribution in [0.15, 0.2) is 0 Å². The Bertz CT molecular complexity index is 233. The fraction of sp³-hybridized carbons (Fsp3) is 0.938. The van der Waals surface area contributed by atoms with E-state index in [2.05, 4.69) is 6.92 Å². The van der Waals surface area contributed by atoms with Crippen molar-refractivity contribution in [1.82, 2.24) is 0 Å². The van der Waals surface area contributed by atoms with E-state index in [0.29, 0.717) is 0 Å². The van der Waals surface area contributed by atoms with Gasteiger partial charge in [0.1, 0.15) is 0 Å². The molecule has 1 unspecified atom stereocenters. The topological polar surface area (TPSA) is 26.3 Å². The van der Waals surface area contributed by atoms with Crippen molar-refractivity contribution in [2.24, 2.45) is 0 Å². The normalized spacial score (nSPS) is 12.7. The van der Waals surface area contributed by atoms with Gasteiger partial charge in [-0.2, -0.15) is 0 Å². The maximum Gasteiger partial charge on any atom is 0.339 e. The number of rotatable bonds is 13. The van der Waals surface area contributed by atoms with Crippen LogP contribution in [-0.4, -0.2) is 16.9 Å². The first-order chi connectivity index (χ1) is 9.57. The molecule has 1 atom stereocenters. The maximum absolute atomic E-state index is 11.1. The number of ether oxygens (including phenoxy) is 1. The summed E-state index contributed by atoms with van der Waals surface area (Å²) in [4.78, 5) is 10.1. The largest absolute Gasteiger partial charge is 0.461 e. The van der Waals surface area contributed by atoms with Crippen molar-refractivity contribution in [2.45, 2.75) is 95.4 Å². The third kappa shape index (κ3) is 13.1. The number of carbonyl (C=O) groups excluding carboxylic acids is 1. The third-order valence-electron chi connectivity index (χ3n) is 3.46. The molecule has 0 rings (SSSR count). The summed E-state index contributed by atoms with van der Waals surface area (Å²) in [5.74, 6) is -0.534. The molecule has 2 nitrogen and oxygen atoms in total. The minimum atomic E-state index is -1.06. The predicted octanol–water partition coefficient (Wildman–Crippen LogP) is 6.03. The number of halogens is 2. The van der Waals surface area contributed by atoms with Gasteiger partial charge in [0.05, 0.1) is 6.10 Å². The highest BCUT2D eigenvalue weighted by Gasteiger charge is 2.16. The molecule has 0 aromatic rings. The van der Waals surface area contributed by atoms with Gasteiger partial charge in [0, 0.05) is 0 Å². The minimum Gasteiger partial charge on any atom is -0.461 e. The van der Waals surface area contributed by atoms with E-state index < -0.39 is 10.8 Å². The summed E-state index contributed by atoms with van der Waals surface area (Å²) in [6, 6.07) is 0. The van der Waals surface area contributed by atoms with Crippen molar-refractivity contribution < 1.29 is 9.53 Å². The molecule has 0 aromatic carbocycles. The number of esters is 1. The van der Waals surface area contributed by atoms with Crippen LogP contribution in [0.5, 0.6) is 0 Å². The van der Waals surface area contributed by atoms with E-state index >= 15 is 0 Å². The highest BCUT2D eigenvalue weighted by molar-refractivity contribution is 6.52. The second kappa shape index (κ2) is 14.0. The maximum atomic E-state index is 11.1. The summed E-state index contributed by atoms with van der Waals surface area (Å²) in [5, 5.41) is 0. The minimum absolute atomic E-state index is 0.0865. The van der Waals surface area contributed by atoms with Crippen LogP contribution in [0.2, 0.25) is 0 Å². The Hall–Kier alpha value is 0.0500. The Balaban J connectivity index is 3.25. The van der Waals surface area contributed by atoms with Crippen LogP contribution in [0.4, 0.5) is 0 Å². The SMILES string of the molecule is CCCCCCCCCCCCC(C)OC(=O)C(Cl)Cl. The number of hydrogen-bond donors (Lipinski definition) is 0. The van der Waals surface area contributed by atoms with Gasteiger partial charge in [-0.3, -0.25) is 0 Å². The van der Waals surface area contributed by atoms with E-state index in [-0.39, 0.29) is 6.10 Å². The van der Waals surface area contributed by atoms with E-state index in [1.807, 2.05) is 6.92 Å². The molecule has 0 aliphatic heterocycles. The quantitative estimate of drug-likeness (QED) is 0.235. The van der Waals surface area contributed by atoms with E-state index in [4.69, 9.17) is 27.9 Å². The number of hydrogen-bond acceptors (Lipinski definition) is 2. The second-order valence-corrected chi connectivity index (χ2v) is 6.62. The molecule has 20 heavy (non-hydrogen) atoms. The molecular formula is C16H30Cl2O2.